The van der Waals surface area contributed by atoms with E-state index in [1.807, 2.05) is 41.5 Å². The first-order valence-electron chi connectivity index (χ1n) is 14.5. The molecule has 0 aliphatic heterocycles. The van der Waals surface area contributed by atoms with Crippen LogP contribution < -0.4 is 21.3 Å². The molecule has 5 N–H and O–H groups in total. The Morgan fingerprint density at radius 3 is 2.14 bits per heavy atom. The monoisotopic (exact) mass is 613 g/mol. The van der Waals surface area contributed by atoms with Gasteiger partial charge in [-0.1, -0.05) is 48.5 Å². The van der Waals surface area contributed by atoms with Crippen molar-refractivity contribution in [2.75, 3.05) is 18.6 Å². The van der Waals surface area contributed by atoms with Crippen molar-refractivity contribution in [1.29, 1.82) is 0 Å². The van der Waals surface area contributed by atoms with Crippen LogP contribution in [0.3, 0.4) is 0 Å². The van der Waals surface area contributed by atoms with Crippen LogP contribution in [0.25, 0.3) is 0 Å². The van der Waals surface area contributed by atoms with Crippen LogP contribution >= 0.6 is 11.8 Å². The second-order valence-electron chi connectivity index (χ2n) is 11.9. The summed E-state index contributed by atoms with van der Waals surface area (Å²) < 4.78 is 10.3. The average molecular weight is 614 g/mol. The highest BCUT2D eigenvalue weighted by Gasteiger charge is 2.31. The van der Waals surface area contributed by atoms with Crippen LogP contribution in [0.15, 0.2) is 10.7 Å². The number of ether oxygens (including phenoxy) is 1. The van der Waals surface area contributed by atoms with Crippen molar-refractivity contribution in [2.24, 2.45) is 23.7 Å². The van der Waals surface area contributed by atoms with E-state index in [0.717, 1.165) is 0 Å². The Morgan fingerprint density at radius 1 is 0.952 bits per heavy atom. The molecular formula is C29H51N5O7S. The first-order valence-corrected chi connectivity index (χ1v) is 15.9. The number of carbonyl (C=O) groups is 4. The molecule has 12 nitrogen and oxygen atoms in total. The molecule has 0 aliphatic carbocycles. The zero-order valence-corrected chi connectivity index (χ0v) is 27.3. The Hall–Kier alpha value is -2.80. The van der Waals surface area contributed by atoms with Gasteiger partial charge in [0.15, 0.2) is 5.89 Å². The average Bonchev–Trinajstić information content (AvgIpc) is 3.32. The summed E-state index contributed by atoms with van der Waals surface area (Å²) >= 11 is 1.37. The summed E-state index contributed by atoms with van der Waals surface area (Å²) in [6.45, 7) is 15.4. The number of nitrogens with zero attached hydrogens (tertiary/aromatic N) is 1. The molecule has 42 heavy (non-hydrogen) atoms. The fourth-order valence-electron chi connectivity index (χ4n) is 4.13. The molecule has 13 heteroatoms. The van der Waals surface area contributed by atoms with E-state index in [-0.39, 0.29) is 48.3 Å². The fourth-order valence-corrected chi connectivity index (χ4v) is 4.70. The lowest BCUT2D eigenvalue weighted by atomic mass is 9.91. The van der Waals surface area contributed by atoms with Crippen LogP contribution in [-0.2, 0) is 25.7 Å². The number of amides is 4. The van der Waals surface area contributed by atoms with Gasteiger partial charge >= 0.3 is 6.09 Å². The number of hydrogen-bond acceptors (Lipinski definition) is 9. The summed E-state index contributed by atoms with van der Waals surface area (Å²) in [5.74, 6) is -0.681. The zero-order chi connectivity index (χ0) is 32.0. The number of carbonyl (C=O) groups excluding carboxylic acids is 4. The van der Waals surface area contributed by atoms with Crippen LogP contribution in [-0.4, -0.2) is 76.7 Å². The molecule has 4 amide bonds. The number of hydrogen-bond donors (Lipinski definition) is 5. The normalized spacial score (nSPS) is 15.1. The Bertz CT molecular complexity index is 1000. The molecule has 240 valence electrons. The van der Waals surface area contributed by atoms with E-state index >= 15 is 0 Å². The Balaban J connectivity index is 2.83. The lowest BCUT2D eigenvalue weighted by molar-refractivity contribution is -0.132. The Labute approximate surface area is 254 Å². The molecule has 0 saturated carbocycles. The minimum atomic E-state index is -1.04. The van der Waals surface area contributed by atoms with Gasteiger partial charge in [-0.15, -0.1) is 0 Å². The summed E-state index contributed by atoms with van der Waals surface area (Å²) in [7, 11) is 0. The number of alkyl carbamates (subject to hydrolysis) is 1. The Kier molecular flexibility index (Phi) is 16.6. The maximum atomic E-state index is 13.2. The van der Waals surface area contributed by atoms with Gasteiger partial charge < -0.3 is 35.5 Å². The summed E-state index contributed by atoms with van der Waals surface area (Å²) in [6, 6.07) is -2.28. The molecule has 0 saturated heterocycles. The molecule has 0 radical (unpaired) electrons. The highest BCUT2D eigenvalue weighted by atomic mass is 32.2. The summed E-state index contributed by atoms with van der Waals surface area (Å²) in [5.41, 5.74) is 0.447. The number of aromatic nitrogens is 1. The fraction of sp³-hybridized carbons (Fsp3) is 0.759. The van der Waals surface area contributed by atoms with Gasteiger partial charge in [-0.25, -0.2) is 9.78 Å². The zero-order valence-electron chi connectivity index (χ0n) is 26.5. The van der Waals surface area contributed by atoms with E-state index in [0.29, 0.717) is 24.6 Å². The third-order valence-electron chi connectivity index (χ3n) is 6.45. The van der Waals surface area contributed by atoms with Crippen LogP contribution in [0.5, 0.6) is 0 Å². The van der Waals surface area contributed by atoms with Crippen LogP contribution in [0.4, 0.5) is 4.79 Å². The smallest absolute Gasteiger partial charge is 0.408 e. The van der Waals surface area contributed by atoms with Gasteiger partial charge in [0.25, 0.3) is 0 Å². The first-order chi connectivity index (χ1) is 19.6. The molecule has 5 atom stereocenters. The van der Waals surface area contributed by atoms with Crippen molar-refractivity contribution in [2.45, 2.75) is 99.1 Å². The minimum absolute atomic E-state index is 0.0711. The maximum Gasteiger partial charge on any atom is 0.408 e. The van der Waals surface area contributed by atoms with Gasteiger partial charge in [-0.3, -0.25) is 14.4 Å². The number of rotatable bonds is 18. The van der Waals surface area contributed by atoms with Crippen molar-refractivity contribution in [3.05, 3.63) is 17.8 Å². The highest BCUT2D eigenvalue weighted by Crippen LogP contribution is 2.17. The topological polar surface area (TPSA) is 172 Å². The second-order valence-corrected chi connectivity index (χ2v) is 12.8. The first kappa shape index (κ1) is 37.2. The van der Waals surface area contributed by atoms with Crippen LogP contribution in [0.1, 0.15) is 72.9 Å². The molecule has 0 bridgehead atoms. The van der Waals surface area contributed by atoms with Crippen molar-refractivity contribution in [1.82, 2.24) is 26.3 Å². The van der Waals surface area contributed by atoms with E-state index in [4.69, 9.17) is 9.15 Å². The highest BCUT2D eigenvalue weighted by molar-refractivity contribution is 7.98. The number of aryl methyl sites for hydroxylation is 1. The van der Waals surface area contributed by atoms with Gasteiger partial charge in [0.1, 0.15) is 30.6 Å². The molecule has 1 rings (SSSR count). The SMILES string of the molecule is CSC[C@H](NC(=O)OCc1coc(C)n1)C(=O)N[C@H](CC(C)C)[C@@H](O)C[C@@H](C)C(=O)N[C@@H](C(=O)NCC(C)C)C(C)C. The second kappa shape index (κ2) is 18.7. The summed E-state index contributed by atoms with van der Waals surface area (Å²) in [6.07, 6.45) is 1.89. The van der Waals surface area contributed by atoms with E-state index in [1.165, 1.54) is 18.0 Å². The predicted octanol–water partition coefficient (Wildman–Crippen LogP) is 2.77. The third-order valence-corrected chi connectivity index (χ3v) is 7.12. The van der Waals surface area contributed by atoms with E-state index < -0.39 is 42.1 Å². The predicted molar refractivity (Wildman–Crippen MR) is 163 cm³/mol. The number of thioether (sulfide) groups is 1. The van der Waals surface area contributed by atoms with Crippen LogP contribution in [0.2, 0.25) is 0 Å². The van der Waals surface area contributed by atoms with Crippen molar-refractivity contribution < 1.29 is 33.4 Å². The van der Waals surface area contributed by atoms with E-state index in [9.17, 15) is 24.3 Å². The maximum absolute atomic E-state index is 13.2. The molecule has 0 aliphatic rings. The van der Waals surface area contributed by atoms with Crippen LogP contribution in [0, 0.1) is 30.6 Å². The molecule has 1 aromatic heterocycles. The van der Waals surface area contributed by atoms with Crippen molar-refractivity contribution in [3.63, 3.8) is 0 Å². The third kappa shape index (κ3) is 13.9. The Morgan fingerprint density at radius 2 is 1.62 bits per heavy atom. The minimum Gasteiger partial charge on any atom is -0.449 e. The number of aliphatic hydroxyl groups excluding tert-OH is 1. The lowest BCUT2D eigenvalue weighted by Gasteiger charge is -2.30. The molecule has 0 aromatic carbocycles. The van der Waals surface area contributed by atoms with Crippen molar-refractivity contribution >= 4 is 35.6 Å². The van der Waals surface area contributed by atoms with E-state index in [1.54, 1.807) is 20.1 Å². The molecule has 0 unspecified atom stereocenters. The number of aliphatic hydroxyl groups is 1. The summed E-state index contributed by atoms with van der Waals surface area (Å²) in [4.78, 5) is 55.3. The van der Waals surface area contributed by atoms with Gasteiger partial charge in [0.05, 0.1) is 12.1 Å². The number of nitrogens with one attached hydrogen (secondary N) is 4. The molecule has 0 fully saturated rings. The largest absolute Gasteiger partial charge is 0.449 e. The quantitative estimate of drug-likeness (QED) is 0.167. The van der Waals surface area contributed by atoms with Gasteiger partial charge in [0, 0.05) is 25.1 Å². The standard InChI is InChI=1S/C29H51N5O7S/c1-16(2)10-22(24(35)11-19(7)26(36)34-25(18(5)6)28(38)30-12-17(3)4)32-27(37)23(15-42-9)33-29(39)41-14-21-13-40-20(8)31-21/h13,16-19,22-25,35H,10-12,14-15H2,1-9H3,(H,30,38)(H,32,37)(H,33,39)(H,34,36)/t19-,22-,23+,24+,25-/m1/s1. The van der Waals surface area contributed by atoms with Crippen molar-refractivity contribution in [3.8, 4) is 0 Å². The van der Waals surface area contributed by atoms with Gasteiger partial charge in [-0.2, -0.15) is 11.8 Å². The van der Waals surface area contributed by atoms with Gasteiger partial charge in [-0.05, 0) is 36.9 Å². The summed E-state index contributed by atoms with van der Waals surface area (Å²) in [5, 5.41) is 22.3. The lowest BCUT2D eigenvalue weighted by Crippen LogP contribution is -2.54. The molecular weight excluding hydrogens is 562 g/mol. The molecule has 0 spiro atoms. The van der Waals surface area contributed by atoms with E-state index in [2.05, 4.69) is 26.3 Å². The van der Waals surface area contributed by atoms with Gasteiger partial charge in [0.2, 0.25) is 17.7 Å². The number of oxazole rings is 1. The molecule has 1 heterocycles. The molecule has 1 aromatic rings.